The molecule has 0 saturated heterocycles. The van der Waals surface area contributed by atoms with Gasteiger partial charge in [0.25, 0.3) is 0 Å². The lowest BCUT2D eigenvalue weighted by atomic mass is 10.2. The van der Waals surface area contributed by atoms with Crippen molar-refractivity contribution >= 4 is 11.2 Å². The zero-order valence-corrected chi connectivity index (χ0v) is 7.21. The lowest BCUT2D eigenvalue weighted by Crippen LogP contribution is -2.05. The summed E-state index contributed by atoms with van der Waals surface area (Å²) < 4.78 is 38.3. The van der Waals surface area contributed by atoms with Crippen LogP contribution in [0.15, 0.2) is 18.6 Å². The first kappa shape index (κ1) is 8.98. The van der Waals surface area contributed by atoms with E-state index in [-0.39, 0.29) is 5.52 Å². The Morgan fingerprint density at radius 3 is 2.64 bits per heavy atom. The zero-order valence-electron chi connectivity index (χ0n) is 7.21. The monoisotopic (exact) mass is 201 g/mol. The van der Waals surface area contributed by atoms with E-state index in [1.165, 1.54) is 6.33 Å². The van der Waals surface area contributed by atoms with E-state index in [1.807, 2.05) is 0 Å². The van der Waals surface area contributed by atoms with Gasteiger partial charge in [-0.3, -0.25) is 0 Å². The number of rotatable bonds is 0. The van der Waals surface area contributed by atoms with Gasteiger partial charge in [0.1, 0.15) is 5.52 Å². The Bertz CT molecular complexity index is 472. The van der Waals surface area contributed by atoms with Crippen LogP contribution in [0.2, 0.25) is 0 Å². The second kappa shape index (κ2) is 2.70. The molecule has 2 aromatic heterocycles. The van der Waals surface area contributed by atoms with Gasteiger partial charge in [0.05, 0.1) is 11.9 Å². The molecule has 74 valence electrons. The number of fused-ring (bicyclic) bond motifs is 1. The quantitative estimate of drug-likeness (QED) is 0.652. The molecule has 2 rings (SSSR count). The highest BCUT2D eigenvalue weighted by atomic mass is 19.4. The molecule has 0 saturated carbocycles. The molecule has 0 aliphatic rings. The SMILES string of the molecule is Cn1cnc2cc(C(F)(F)F)cnc21. The molecule has 6 heteroatoms. The van der Waals surface area contributed by atoms with Crippen LogP contribution in [0.3, 0.4) is 0 Å². The van der Waals surface area contributed by atoms with Gasteiger partial charge in [-0.25, -0.2) is 9.97 Å². The molecule has 0 aliphatic carbocycles. The van der Waals surface area contributed by atoms with Crippen LogP contribution in [-0.4, -0.2) is 14.5 Å². The number of aromatic nitrogens is 3. The van der Waals surface area contributed by atoms with Crippen molar-refractivity contribution in [1.82, 2.24) is 14.5 Å². The largest absolute Gasteiger partial charge is 0.417 e. The summed E-state index contributed by atoms with van der Waals surface area (Å²) in [6.45, 7) is 0. The molecule has 0 N–H and O–H groups in total. The Morgan fingerprint density at radius 2 is 2.00 bits per heavy atom. The van der Waals surface area contributed by atoms with Crippen LogP contribution in [0.25, 0.3) is 11.2 Å². The van der Waals surface area contributed by atoms with Crippen molar-refractivity contribution < 1.29 is 13.2 Å². The minimum absolute atomic E-state index is 0.252. The van der Waals surface area contributed by atoms with Gasteiger partial charge in [-0.05, 0) is 6.07 Å². The van der Waals surface area contributed by atoms with Crippen molar-refractivity contribution in [3.8, 4) is 0 Å². The predicted octanol–water partition coefficient (Wildman–Crippen LogP) is 1.99. The first-order valence-corrected chi connectivity index (χ1v) is 3.83. The molecule has 0 aromatic carbocycles. The highest BCUT2D eigenvalue weighted by Crippen LogP contribution is 2.29. The van der Waals surface area contributed by atoms with Crippen molar-refractivity contribution in [2.75, 3.05) is 0 Å². The summed E-state index contributed by atoms with van der Waals surface area (Å²) in [6.07, 6.45) is -2.12. The van der Waals surface area contributed by atoms with E-state index in [4.69, 9.17) is 0 Å². The first-order valence-electron chi connectivity index (χ1n) is 3.83. The van der Waals surface area contributed by atoms with Crippen molar-refractivity contribution in [1.29, 1.82) is 0 Å². The molecule has 0 bridgehead atoms. The van der Waals surface area contributed by atoms with Crippen molar-refractivity contribution in [3.05, 3.63) is 24.2 Å². The minimum atomic E-state index is -4.36. The number of nitrogens with zero attached hydrogens (tertiary/aromatic N) is 3. The fraction of sp³-hybridized carbons (Fsp3) is 0.250. The number of imidazole rings is 1. The molecule has 0 amide bonds. The van der Waals surface area contributed by atoms with Gasteiger partial charge in [0.2, 0.25) is 0 Å². The normalized spacial score (nSPS) is 12.3. The molecule has 0 radical (unpaired) electrons. The van der Waals surface area contributed by atoms with Gasteiger partial charge in [-0.15, -0.1) is 0 Å². The molecular formula is C8H6F3N3. The molecule has 14 heavy (non-hydrogen) atoms. The summed E-state index contributed by atoms with van der Waals surface area (Å²) in [6, 6.07) is 0.988. The fourth-order valence-corrected chi connectivity index (χ4v) is 1.17. The van der Waals surface area contributed by atoms with Crippen molar-refractivity contribution in [2.45, 2.75) is 6.18 Å². The molecule has 0 spiro atoms. The summed E-state index contributed by atoms with van der Waals surface area (Å²) in [5, 5.41) is 0. The molecule has 0 atom stereocenters. The maximum absolute atomic E-state index is 12.2. The molecule has 0 aliphatic heterocycles. The molecule has 3 nitrogen and oxygen atoms in total. The average Bonchev–Trinajstić information content (AvgIpc) is 2.46. The van der Waals surface area contributed by atoms with Crippen LogP contribution < -0.4 is 0 Å². The molecular weight excluding hydrogens is 195 g/mol. The van der Waals surface area contributed by atoms with Gasteiger partial charge < -0.3 is 4.57 Å². The fourth-order valence-electron chi connectivity index (χ4n) is 1.17. The number of pyridine rings is 1. The molecule has 2 aromatic rings. The van der Waals surface area contributed by atoms with E-state index in [2.05, 4.69) is 9.97 Å². The second-order valence-corrected chi connectivity index (χ2v) is 2.92. The summed E-state index contributed by atoms with van der Waals surface area (Å²) in [4.78, 5) is 7.48. The number of hydrogen-bond donors (Lipinski definition) is 0. The number of aryl methyl sites for hydroxylation is 1. The number of hydrogen-bond acceptors (Lipinski definition) is 2. The first-order chi connectivity index (χ1) is 6.48. The van der Waals surface area contributed by atoms with Gasteiger partial charge >= 0.3 is 6.18 Å². The van der Waals surface area contributed by atoms with Gasteiger partial charge in [0, 0.05) is 13.2 Å². The third kappa shape index (κ3) is 1.32. The van der Waals surface area contributed by atoms with E-state index in [1.54, 1.807) is 11.6 Å². The Labute approximate surface area is 77.2 Å². The summed E-state index contributed by atoms with van der Waals surface area (Å²) in [7, 11) is 1.68. The predicted molar refractivity (Wildman–Crippen MR) is 43.5 cm³/mol. The maximum atomic E-state index is 12.2. The summed E-state index contributed by atoms with van der Waals surface area (Å²) in [5.74, 6) is 0. The van der Waals surface area contributed by atoms with Crippen LogP contribution in [0.1, 0.15) is 5.56 Å². The van der Waals surface area contributed by atoms with Crippen LogP contribution in [-0.2, 0) is 13.2 Å². The molecule has 0 fully saturated rings. The Kier molecular flexibility index (Phi) is 1.73. The third-order valence-electron chi connectivity index (χ3n) is 1.88. The summed E-state index contributed by atoms with van der Waals surface area (Å²) in [5.41, 5.74) is -0.0796. The van der Waals surface area contributed by atoms with Crippen LogP contribution >= 0.6 is 0 Å². The van der Waals surface area contributed by atoms with E-state index in [9.17, 15) is 13.2 Å². The van der Waals surface area contributed by atoms with Crippen molar-refractivity contribution in [2.24, 2.45) is 7.05 Å². The van der Waals surface area contributed by atoms with Gasteiger partial charge in [-0.2, -0.15) is 13.2 Å². The number of alkyl halides is 3. The van der Waals surface area contributed by atoms with Crippen LogP contribution in [0.4, 0.5) is 13.2 Å². The zero-order chi connectivity index (χ0) is 10.3. The smallest absolute Gasteiger partial charge is 0.318 e. The lowest BCUT2D eigenvalue weighted by molar-refractivity contribution is -0.137. The second-order valence-electron chi connectivity index (χ2n) is 2.92. The van der Waals surface area contributed by atoms with Gasteiger partial charge in [0.15, 0.2) is 5.65 Å². The topological polar surface area (TPSA) is 30.7 Å². The van der Waals surface area contributed by atoms with E-state index in [0.717, 1.165) is 12.3 Å². The van der Waals surface area contributed by atoms with Crippen molar-refractivity contribution in [3.63, 3.8) is 0 Å². The van der Waals surface area contributed by atoms with Crippen LogP contribution in [0.5, 0.6) is 0 Å². The Balaban J connectivity index is 2.63. The third-order valence-corrected chi connectivity index (χ3v) is 1.88. The molecule has 2 heterocycles. The number of halogens is 3. The van der Waals surface area contributed by atoms with E-state index < -0.39 is 11.7 Å². The van der Waals surface area contributed by atoms with E-state index >= 15 is 0 Å². The van der Waals surface area contributed by atoms with E-state index in [0.29, 0.717) is 5.65 Å². The summed E-state index contributed by atoms with van der Waals surface area (Å²) >= 11 is 0. The highest BCUT2D eigenvalue weighted by Gasteiger charge is 2.31. The van der Waals surface area contributed by atoms with Gasteiger partial charge in [-0.1, -0.05) is 0 Å². The maximum Gasteiger partial charge on any atom is 0.417 e. The highest BCUT2D eigenvalue weighted by molar-refractivity contribution is 5.71. The van der Waals surface area contributed by atoms with Crippen LogP contribution in [0, 0.1) is 0 Å². The molecule has 0 unspecified atom stereocenters. The minimum Gasteiger partial charge on any atom is -0.318 e. The average molecular weight is 201 g/mol. The Hall–Kier alpha value is -1.59. The lowest BCUT2D eigenvalue weighted by Gasteiger charge is -2.04. The Morgan fingerprint density at radius 1 is 1.29 bits per heavy atom. The standard InChI is InChI=1S/C8H6F3N3/c1-14-4-13-6-2-5(8(9,10)11)3-12-7(6)14/h2-4H,1H3.